The molecule has 0 radical (unpaired) electrons. The number of halogens is 1. The van der Waals surface area contributed by atoms with Crippen LogP contribution in [0.2, 0.25) is 14.8 Å². The number of methoxy groups -OCH3 is 2. The van der Waals surface area contributed by atoms with Crippen LogP contribution in [-0.4, -0.2) is 120 Å². The predicted molar refractivity (Wildman–Crippen MR) is 250 cm³/mol. The molecular formula is C45H51IN4O10S2Sn. The van der Waals surface area contributed by atoms with Crippen LogP contribution in [0.25, 0.3) is 0 Å². The van der Waals surface area contributed by atoms with E-state index in [0.717, 1.165) is 40.4 Å². The molecule has 4 heterocycles. The monoisotopic (exact) mass is 1120 g/mol. The molecular weight excluding hydrogens is 1070 g/mol. The van der Waals surface area contributed by atoms with Gasteiger partial charge >= 0.3 is 156 Å². The van der Waals surface area contributed by atoms with Crippen LogP contribution in [0.5, 0.6) is 0 Å². The van der Waals surface area contributed by atoms with Gasteiger partial charge in [0.25, 0.3) is 11.7 Å². The van der Waals surface area contributed by atoms with Gasteiger partial charge in [-0.3, -0.25) is 9.59 Å². The Labute approximate surface area is 387 Å². The minimum Gasteiger partial charge on any atom is -0.383 e. The van der Waals surface area contributed by atoms with Crippen molar-refractivity contribution in [1.82, 2.24) is 8.61 Å². The number of benzene rings is 4. The second-order valence-corrected chi connectivity index (χ2v) is 36.6. The number of ether oxygens (including phenoxy) is 2. The molecule has 2 amide bonds. The molecule has 0 N–H and O–H groups in total. The minimum atomic E-state index is -3.79. The molecule has 2 fully saturated rings. The van der Waals surface area contributed by atoms with Gasteiger partial charge < -0.3 is 14.4 Å². The van der Waals surface area contributed by atoms with Gasteiger partial charge in [0.1, 0.15) is 0 Å². The summed E-state index contributed by atoms with van der Waals surface area (Å²) in [5.41, 5.74) is 3.00. The number of amides is 2. The molecule has 14 nitrogen and oxygen atoms in total. The Morgan fingerprint density at radius 2 is 1.00 bits per heavy atom. The van der Waals surface area contributed by atoms with Gasteiger partial charge in [-0.05, 0) is 84.2 Å². The Morgan fingerprint density at radius 1 is 0.603 bits per heavy atom. The standard InChI is InChI=1S/C21H21IN2O5S.C21H21N2O5S.3CH3.Sn/c1-29-13-16-3-2-10-24(16)30(27,28)17-8-9-19-18(11-17)20(25)21(26)23(19)12-14-4-6-15(22)7-5-14;1-28-14-16-8-5-11-23(16)29(26,27)17-9-10-19-18(12-17)20(24)21(25)22(19)13-15-6-3-2-4-7-15;;;;/h4-9,11,16H,2-3,10,12-13H2,1H3;3-4,6-7,9-10,12,16H,5,8,11,13-14H2,1H3;3*1H3;. The summed E-state index contributed by atoms with van der Waals surface area (Å²) in [6.45, 7) is 2.01. The molecule has 4 aromatic carbocycles. The van der Waals surface area contributed by atoms with Crippen LogP contribution >= 0.6 is 22.6 Å². The number of carbonyl (C=O) groups excluding carboxylic acids is 4. The Balaban J connectivity index is 0.000000190. The van der Waals surface area contributed by atoms with E-state index in [0.29, 0.717) is 37.7 Å². The molecule has 0 aromatic heterocycles. The van der Waals surface area contributed by atoms with Crippen LogP contribution in [0, 0.1) is 3.57 Å². The maximum Gasteiger partial charge on any atom is 0.299 e. The normalized spacial score (nSPS) is 19.5. The van der Waals surface area contributed by atoms with E-state index in [1.54, 1.807) is 26.4 Å². The van der Waals surface area contributed by atoms with E-state index in [-0.39, 0.29) is 46.1 Å². The molecule has 63 heavy (non-hydrogen) atoms. The first-order valence-corrected chi connectivity index (χ1v) is 34.7. The van der Waals surface area contributed by atoms with Crippen molar-refractivity contribution in [2.24, 2.45) is 0 Å². The number of nitrogens with zero attached hydrogens (tertiary/aromatic N) is 4. The molecule has 2 saturated heterocycles. The number of sulfonamides is 2. The van der Waals surface area contributed by atoms with Gasteiger partial charge in [0, 0.05) is 43.0 Å². The van der Waals surface area contributed by atoms with E-state index in [9.17, 15) is 36.0 Å². The van der Waals surface area contributed by atoms with Crippen molar-refractivity contribution in [2.45, 2.75) is 75.5 Å². The summed E-state index contributed by atoms with van der Waals surface area (Å²) >= 11 is 0.0241. The smallest absolute Gasteiger partial charge is 0.299 e. The summed E-state index contributed by atoms with van der Waals surface area (Å²) in [6, 6.07) is 24.3. The van der Waals surface area contributed by atoms with Crippen LogP contribution in [0.4, 0.5) is 11.4 Å². The van der Waals surface area contributed by atoms with Gasteiger partial charge in [0.05, 0.1) is 35.9 Å². The van der Waals surface area contributed by atoms with E-state index >= 15 is 0 Å². The van der Waals surface area contributed by atoms with Crippen LogP contribution in [0.3, 0.4) is 0 Å². The average molecular weight is 1120 g/mol. The number of anilines is 2. The summed E-state index contributed by atoms with van der Waals surface area (Å²) < 4.78 is 68.5. The van der Waals surface area contributed by atoms with Gasteiger partial charge in [-0.2, -0.15) is 4.31 Å². The van der Waals surface area contributed by atoms with Crippen LogP contribution in [0.1, 0.15) is 57.5 Å². The second-order valence-electron chi connectivity index (χ2n) is 17.1. The molecule has 2 unspecified atom stereocenters. The van der Waals surface area contributed by atoms with Gasteiger partial charge in [0.2, 0.25) is 10.0 Å². The Bertz CT molecular complexity index is 2660. The molecule has 18 heteroatoms. The molecule has 4 aliphatic heterocycles. The molecule has 0 bridgehead atoms. The SMILES string of the molecule is COCC1CCCN1S(=O)(=O)c1ccc2c(c1)C(=O)C(=O)N2Cc1cc[c]([Sn]([CH3])([CH3])[CH3])cc1.COCC1CCCN1S(=O)(=O)c1ccc2c(c1)C(=O)C(=O)N2Cc1ccc(I)cc1. The maximum atomic E-state index is 13.3. The number of hydrogen-bond donors (Lipinski definition) is 0. The third-order valence-corrected chi connectivity index (χ3v) is 22.4. The Morgan fingerprint density at radius 3 is 1.38 bits per heavy atom. The van der Waals surface area contributed by atoms with Gasteiger partial charge in [-0.1, -0.05) is 12.1 Å². The van der Waals surface area contributed by atoms with E-state index in [2.05, 4.69) is 49.5 Å². The summed E-state index contributed by atoms with van der Waals surface area (Å²) in [7, 11) is -4.47. The van der Waals surface area contributed by atoms with Crippen molar-refractivity contribution in [1.29, 1.82) is 0 Å². The number of ketones is 2. The van der Waals surface area contributed by atoms with Gasteiger partial charge in [0.15, 0.2) is 0 Å². The number of hydrogen-bond acceptors (Lipinski definition) is 10. The maximum absolute atomic E-state index is 13.3. The predicted octanol–water partition coefficient (Wildman–Crippen LogP) is 5.58. The molecule has 4 aliphatic rings. The Hall–Kier alpha value is -3.57. The number of rotatable bonds is 13. The topological polar surface area (TPSA) is 168 Å². The van der Waals surface area contributed by atoms with Crippen molar-refractivity contribution >= 4 is 99.3 Å². The minimum absolute atomic E-state index is 0.0292. The molecule has 0 aliphatic carbocycles. The fourth-order valence-electron chi connectivity index (χ4n) is 8.50. The summed E-state index contributed by atoms with van der Waals surface area (Å²) in [6.07, 6.45) is 3.00. The van der Waals surface area contributed by atoms with Crippen LogP contribution in [-0.2, 0) is 52.2 Å². The van der Waals surface area contributed by atoms with Crippen molar-refractivity contribution in [2.75, 3.05) is 50.3 Å². The van der Waals surface area contributed by atoms with Gasteiger partial charge in [-0.15, -0.1) is 0 Å². The van der Waals surface area contributed by atoms with Crippen molar-refractivity contribution in [3.05, 3.63) is 111 Å². The van der Waals surface area contributed by atoms with Crippen molar-refractivity contribution < 1.29 is 45.5 Å². The third kappa shape index (κ3) is 9.71. The second kappa shape index (κ2) is 19.1. The molecule has 4 aromatic rings. The van der Waals surface area contributed by atoms with E-state index < -0.39 is 61.8 Å². The van der Waals surface area contributed by atoms with Crippen LogP contribution < -0.4 is 13.4 Å². The fraction of sp³-hybridized carbons (Fsp3) is 0.378. The zero-order valence-corrected chi connectivity index (χ0v) is 42.5. The largest absolute Gasteiger partial charge is 0.383 e. The average Bonchev–Trinajstić information content (AvgIpc) is 4.04. The van der Waals surface area contributed by atoms with E-state index in [1.165, 1.54) is 46.3 Å². The fourth-order valence-corrected chi connectivity index (χ4v) is 15.6. The first-order chi connectivity index (χ1) is 29.9. The summed E-state index contributed by atoms with van der Waals surface area (Å²) in [5, 5.41) is 0. The number of carbonyl (C=O) groups is 4. The zero-order chi connectivity index (χ0) is 45.4. The van der Waals surface area contributed by atoms with Crippen molar-refractivity contribution in [3.63, 3.8) is 0 Å². The van der Waals surface area contributed by atoms with E-state index in [4.69, 9.17) is 9.47 Å². The summed E-state index contributed by atoms with van der Waals surface area (Å²) in [5.74, 6) is -2.62. The quantitative estimate of drug-likeness (QED) is 0.0937. The molecule has 8 rings (SSSR count). The number of Topliss-reactive ketones (excluding diaryl/α,β-unsaturated/α-hetero) is 2. The number of fused-ring (bicyclic) bond motifs is 2. The van der Waals surface area contributed by atoms with Gasteiger partial charge in [-0.25, -0.2) is 8.42 Å². The first-order valence-electron chi connectivity index (χ1n) is 20.7. The molecule has 0 spiro atoms. The Kier molecular flexibility index (Phi) is 14.4. The first kappa shape index (κ1) is 47.4. The third-order valence-electron chi connectivity index (χ3n) is 11.9. The molecule has 0 saturated carbocycles. The van der Waals surface area contributed by atoms with E-state index in [1.807, 2.05) is 36.4 Å². The zero-order valence-electron chi connectivity index (χ0n) is 35.9. The molecule has 334 valence electrons. The van der Waals surface area contributed by atoms with Crippen LogP contribution in [0.15, 0.2) is 94.7 Å². The van der Waals surface area contributed by atoms with Crippen molar-refractivity contribution in [3.8, 4) is 0 Å². The summed E-state index contributed by atoms with van der Waals surface area (Å²) in [4.78, 5) is 60.6. The molecule has 2 atom stereocenters.